The van der Waals surface area contributed by atoms with Crippen molar-refractivity contribution in [2.75, 3.05) is 25.0 Å². The Morgan fingerprint density at radius 2 is 1.59 bits per heavy atom. The van der Waals surface area contributed by atoms with Gasteiger partial charge in [-0.3, -0.25) is 9.69 Å². The lowest BCUT2D eigenvalue weighted by Gasteiger charge is -2.35. The van der Waals surface area contributed by atoms with E-state index in [2.05, 4.69) is 5.32 Å². The molecule has 2 saturated heterocycles. The first kappa shape index (κ1) is 23.1. The second-order valence-corrected chi connectivity index (χ2v) is 9.70. The molecule has 2 aliphatic heterocycles. The molecule has 8 heteroatoms. The van der Waals surface area contributed by atoms with Crippen LogP contribution in [0.1, 0.15) is 23.5 Å². The molecule has 0 spiro atoms. The Labute approximate surface area is 215 Å². The Bertz CT molecular complexity index is 1300. The van der Waals surface area contributed by atoms with Gasteiger partial charge in [0.25, 0.3) is 5.91 Å². The number of ether oxygens (including phenoxy) is 1. The Hall–Kier alpha value is -4.33. The summed E-state index contributed by atoms with van der Waals surface area (Å²) >= 11 is 0. The number of carbonyl (C=O) groups is 3. The molecule has 0 radical (unpaired) electrons. The SMILES string of the molecule is O=C(Nc1ccc(OCc2ccccc2)cc1)N1CCN2C(=O)N([C@@H]3C[C@H]3c3ccccc3)C(=O)C2C1. The molecule has 1 aliphatic carbocycles. The van der Waals surface area contributed by atoms with Crippen LogP contribution in [0.25, 0.3) is 0 Å². The highest BCUT2D eigenvalue weighted by atomic mass is 16.5. The fourth-order valence-electron chi connectivity index (χ4n) is 5.21. The van der Waals surface area contributed by atoms with Crippen LogP contribution >= 0.6 is 0 Å². The third-order valence-electron chi connectivity index (χ3n) is 7.31. The second-order valence-electron chi connectivity index (χ2n) is 9.70. The maximum atomic E-state index is 13.2. The van der Waals surface area contributed by atoms with Crippen molar-refractivity contribution in [3.8, 4) is 5.75 Å². The van der Waals surface area contributed by atoms with Gasteiger partial charge in [0.15, 0.2) is 0 Å². The van der Waals surface area contributed by atoms with Gasteiger partial charge in [0, 0.05) is 30.7 Å². The molecule has 3 atom stereocenters. The summed E-state index contributed by atoms with van der Waals surface area (Å²) in [6.45, 7) is 1.37. The van der Waals surface area contributed by atoms with Crippen LogP contribution in [0.15, 0.2) is 84.9 Å². The number of hydrogen-bond acceptors (Lipinski definition) is 4. The van der Waals surface area contributed by atoms with Crippen molar-refractivity contribution in [1.29, 1.82) is 0 Å². The van der Waals surface area contributed by atoms with Crippen LogP contribution in [-0.4, -0.2) is 64.4 Å². The average Bonchev–Trinajstić information content (AvgIpc) is 3.69. The normalized spacial score (nSPS) is 22.6. The quantitative estimate of drug-likeness (QED) is 0.516. The Morgan fingerprint density at radius 3 is 2.32 bits per heavy atom. The first-order valence-corrected chi connectivity index (χ1v) is 12.6. The molecular formula is C29H28N4O4. The van der Waals surface area contributed by atoms with E-state index < -0.39 is 6.04 Å². The predicted octanol–water partition coefficient (Wildman–Crippen LogP) is 4.30. The predicted molar refractivity (Wildman–Crippen MR) is 138 cm³/mol. The number of hydrogen-bond donors (Lipinski definition) is 1. The highest BCUT2D eigenvalue weighted by Crippen LogP contribution is 2.46. The van der Waals surface area contributed by atoms with Crippen LogP contribution in [0.4, 0.5) is 15.3 Å². The van der Waals surface area contributed by atoms with Crippen molar-refractivity contribution in [2.45, 2.75) is 31.0 Å². The van der Waals surface area contributed by atoms with E-state index >= 15 is 0 Å². The van der Waals surface area contributed by atoms with Crippen molar-refractivity contribution in [2.24, 2.45) is 0 Å². The number of nitrogens with one attached hydrogen (secondary N) is 1. The van der Waals surface area contributed by atoms with E-state index in [-0.39, 0.29) is 36.5 Å². The number of rotatable bonds is 6. The topological polar surface area (TPSA) is 82.2 Å². The lowest BCUT2D eigenvalue weighted by atomic mass is 10.1. The zero-order valence-electron chi connectivity index (χ0n) is 20.3. The summed E-state index contributed by atoms with van der Waals surface area (Å²) in [5.41, 5.74) is 2.86. The lowest BCUT2D eigenvalue weighted by molar-refractivity contribution is -0.129. The maximum absolute atomic E-state index is 13.2. The van der Waals surface area contributed by atoms with Gasteiger partial charge in [0.1, 0.15) is 18.4 Å². The summed E-state index contributed by atoms with van der Waals surface area (Å²) in [6.07, 6.45) is 0.789. The van der Waals surface area contributed by atoms with E-state index in [9.17, 15) is 14.4 Å². The second kappa shape index (κ2) is 9.61. The number of imide groups is 1. The Kier molecular flexibility index (Phi) is 6.00. The number of nitrogens with zero attached hydrogens (tertiary/aromatic N) is 3. The minimum atomic E-state index is -0.627. The van der Waals surface area contributed by atoms with E-state index in [1.54, 1.807) is 21.9 Å². The van der Waals surface area contributed by atoms with Crippen molar-refractivity contribution in [1.82, 2.24) is 14.7 Å². The van der Waals surface area contributed by atoms with Gasteiger partial charge in [-0.25, -0.2) is 9.59 Å². The summed E-state index contributed by atoms with van der Waals surface area (Å²) in [4.78, 5) is 43.9. The smallest absolute Gasteiger partial charge is 0.327 e. The van der Waals surface area contributed by atoms with Gasteiger partial charge in [-0.05, 0) is 41.8 Å². The van der Waals surface area contributed by atoms with Crippen molar-refractivity contribution in [3.63, 3.8) is 0 Å². The first-order chi connectivity index (χ1) is 18.1. The molecule has 3 aromatic carbocycles. The monoisotopic (exact) mass is 496 g/mol. The molecule has 5 amide bonds. The molecule has 1 saturated carbocycles. The van der Waals surface area contributed by atoms with Gasteiger partial charge in [0.05, 0.1) is 6.54 Å². The summed E-state index contributed by atoms with van der Waals surface area (Å²) in [7, 11) is 0. The van der Waals surface area contributed by atoms with Crippen LogP contribution in [0.5, 0.6) is 5.75 Å². The number of amides is 5. The summed E-state index contributed by atoms with van der Waals surface area (Å²) in [5.74, 6) is 0.694. The number of benzene rings is 3. The fraction of sp³-hybridized carbons (Fsp3) is 0.276. The van der Waals surface area contributed by atoms with Crippen LogP contribution in [-0.2, 0) is 11.4 Å². The highest BCUT2D eigenvalue weighted by Gasteiger charge is 2.56. The Morgan fingerprint density at radius 1 is 0.892 bits per heavy atom. The number of anilines is 1. The molecule has 3 aromatic rings. The van der Waals surface area contributed by atoms with Gasteiger partial charge in [-0.1, -0.05) is 60.7 Å². The molecule has 6 rings (SSSR count). The molecule has 8 nitrogen and oxygen atoms in total. The number of urea groups is 2. The van der Waals surface area contributed by atoms with Crippen LogP contribution in [0, 0.1) is 0 Å². The molecule has 0 bridgehead atoms. The van der Waals surface area contributed by atoms with Gasteiger partial charge < -0.3 is 19.9 Å². The highest BCUT2D eigenvalue weighted by molar-refractivity contribution is 6.05. The van der Waals surface area contributed by atoms with Crippen LogP contribution < -0.4 is 10.1 Å². The summed E-state index contributed by atoms with van der Waals surface area (Å²) in [5, 5.41) is 2.90. The van der Waals surface area contributed by atoms with Crippen molar-refractivity contribution < 1.29 is 19.1 Å². The fourth-order valence-corrected chi connectivity index (χ4v) is 5.21. The average molecular weight is 497 g/mol. The van der Waals surface area contributed by atoms with E-state index in [1.165, 1.54) is 4.90 Å². The molecule has 0 aromatic heterocycles. The van der Waals surface area contributed by atoms with E-state index in [0.29, 0.717) is 31.1 Å². The van der Waals surface area contributed by atoms with Gasteiger partial charge in [0.2, 0.25) is 0 Å². The lowest BCUT2D eigenvalue weighted by Crippen LogP contribution is -2.55. The standard InChI is InChI=1S/C29H28N4O4/c34-27-26-18-31(15-16-32(26)29(36)33(27)25-17-24(25)21-9-5-2-6-10-21)28(35)30-22-11-13-23(14-12-22)37-19-20-7-3-1-4-8-20/h1-14,24-26H,15-19H2,(H,30,35)/t24-,25+,26?/m0/s1. The van der Waals surface area contributed by atoms with Crippen LogP contribution in [0.3, 0.4) is 0 Å². The molecule has 1 unspecified atom stereocenters. The molecule has 2 heterocycles. The number of fused-ring (bicyclic) bond motifs is 1. The molecular weight excluding hydrogens is 468 g/mol. The molecule has 3 aliphatic rings. The van der Waals surface area contributed by atoms with E-state index in [4.69, 9.17) is 4.74 Å². The largest absolute Gasteiger partial charge is 0.489 e. The van der Waals surface area contributed by atoms with Crippen LogP contribution in [0.2, 0.25) is 0 Å². The molecule has 1 N–H and O–H groups in total. The van der Waals surface area contributed by atoms with Gasteiger partial charge >= 0.3 is 12.1 Å². The van der Waals surface area contributed by atoms with Gasteiger partial charge in [-0.15, -0.1) is 0 Å². The zero-order chi connectivity index (χ0) is 25.4. The molecule has 3 fully saturated rings. The third kappa shape index (κ3) is 4.62. The van der Waals surface area contributed by atoms with Crippen molar-refractivity contribution in [3.05, 3.63) is 96.1 Å². The van der Waals surface area contributed by atoms with Crippen molar-refractivity contribution >= 4 is 23.7 Å². The van der Waals surface area contributed by atoms with E-state index in [1.807, 2.05) is 72.8 Å². The minimum Gasteiger partial charge on any atom is -0.489 e. The number of piperazine rings is 1. The summed E-state index contributed by atoms with van der Waals surface area (Å²) < 4.78 is 5.80. The minimum absolute atomic E-state index is 0.0992. The number of carbonyl (C=O) groups excluding carboxylic acids is 3. The first-order valence-electron chi connectivity index (χ1n) is 12.6. The Balaban J connectivity index is 1.04. The maximum Gasteiger partial charge on any atom is 0.327 e. The third-order valence-corrected chi connectivity index (χ3v) is 7.31. The summed E-state index contributed by atoms with van der Waals surface area (Å²) in [6, 6.07) is 25.9. The van der Waals surface area contributed by atoms with E-state index in [0.717, 1.165) is 17.5 Å². The van der Waals surface area contributed by atoms with Gasteiger partial charge in [-0.2, -0.15) is 0 Å². The molecule has 37 heavy (non-hydrogen) atoms. The zero-order valence-corrected chi connectivity index (χ0v) is 20.3. The molecule has 188 valence electrons.